The standard InChI is InChI=1S/C16H22O2/c1-3-7-15(18-2)16(17)14-11-5-4-10-13(14)12-8-6-9-12/h4-5,10-12,15H,3,6-9H2,1-2H3. The molecule has 0 heterocycles. The highest BCUT2D eigenvalue weighted by atomic mass is 16.5. The number of hydrogen-bond acceptors (Lipinski definition) is 2. The predicted molar refractivity (Wildman–Crippen MR) is 73.1 cm³/mol. The Bertz CT molecular complexity index is 407. The van der Waals surface area contributed by atoms with E-state index in [-0.39, 0.29) is 11.9 Å². The molecule has 1 aromatic carbocycles. The topological polar surface area (TPSA) is 26.3 Å². The molecule has 2 heteroatoms. The molecule has 2 rings (SSSR count). The Morgan fingerprint density at radius 3 is 2.67 bits per heavy atom. The van der Waals surface area contributed by atoms with Crippen LogP contribution in [0.2, 0.25) is 0 Å². The Morgan fingerprint density at radius 1 is 1.39 bits per heavy atom. The normalized spacial score (nSPS) is 17.2. The van der Waals surface area contributed by atoms with Crippen LogP contribution in [0, 0.1) is 0 Å². The molecule has 0 bridgehead atoms. The lowest BCUT2D eigenvalue weighted by atomic mass is 9.77. The van der Waals surface area contributed by atoms with Gasteiger partial charge in [-0.25, -0.2) is 0 Å². The molecule has 0 aliphatic heterocycles. The quantitative estimate of drug-likeness (QED) is 0.710. The van der Waals surface area contributed by atoms with Crippen LogP contribution in [0.5, 0.6) is 0 Å². The van der Waals surface area contributed by atoms with Gasteiger partial charge in [-0.05, 0) is 30.7 Å². The van der Waals surface area contributed by atoms with Crippen LogP contribution in [-0.2, 0) is 4.74 Å². The molecule has 1 aliphatic carbocycles. The Labute approximate surface area is 109 Å². The molecule has 1 aromatic rings. The summed E-state index contributed by atoms with van der Waals surface area (Å²) in [5.41, 5.74) is 2.11. The molecular formula is C16H22O2. The van der Waals surface area contributed by atoms with Gasteiger partial charge in [0.1, 0.15) is 6.10 Å². The average molecular weight is 246 g/mol. The van der Waals surface area contributed by atoms with Crippen molar-refractivity contribution in [2.24, 2.45) is 0 Å². The third kappa shape index (κ3) is 2.64. The highest BCUT2D eigenvalue weighted by Gasteiger charge is 2.27. The molecule has 98 valence electrons. The summed E-state index contributed by atoms with van der Waals surface area (Å²) in [6.07, 6.45) is 5.21. The number of carbonyl (C=O) groups excluding carboxylic acids is 1. The van der Waals surface area contributed by atoms with Gasteiger partial charge in [0.05, 0.1) is 0 Å². The van der Waals surface area contributed by atoms with E-state index >= 15 is 0 Å². The van der Waals surface area contributed by atoms with Crippen LogP contribution in [-0.4, -0.2) is 19.0 Å². The summed E-state index contributed by atoms with van der Waals surface area (Å²) >= 11 is 0. The van der Waals surface area contributed by atoms with E-state index in [0.717, 1.165) is 18.4 Å². The molecular weight excluding hydrogens is 224 g/mol. The lowest BCUT2D eigenvalue weighted by Gasteiger charge is -2.28. The zero-order chi connectivity index (χ0) is 13.0. The van der Waals surface area contributed by atoms with E-state index in [0.29, 0.717) is 5.92 Å². The minimum atomic E-state index is -0.281. The second-order valence-corrected chi connectivity index (χ2v) is 5.09. The third-order valence-electron chi connectivity index (χ3n) is 3.90. The van der Waals surface area contributed by atoms with Gasteiger partial charge in [0.2, 0.25) is 0 Å². The molecule has 0 radical (unpaired) electrons. The molecule has 0 N–H and O–H groups in total. The van der Waals surface area contributed by atoms with Crippen molar-refractivity contribution in [1.29, 1.82) is 0 Å². The molecule has 0 saturated heterocycles. The van der Waals surface area contributed by atoms with Crippen molar-refractivity contribution in [3.8, 4) is 0 Å². The van der Waals surface area contributed by atoms with Crippen molar-refractivity contribution in [2.75, 3.05) is 7.11 Å². The molecule has 1 aliphatic rings. The Hall–Kier alpha value is -1.15. The number of ketones is 1. The second kappa shape index (κ2) is 6.14. The Kier molecular flexibility index (Phi) is 4.54. The molecule has 18 heavy (non-hydrogen) atoms. The number of hydrogen-bond donors (Lipinski definition) is 0. The number of carbonyl (C=O) groups is 1. The van der Waals surface area contributed by atoms with Crippen molar-refractivity contribution in [1.82, 2.24) is 0 Å². The van der Waals surface area contributed by atoms with Crippen molar-refractivity contribution >= 4 is 5.78 Å². The van der Waals surface area contributed by atoms with Gasteiger partial charge in [-0.2, -0.15) is 0 Å². The molecule has 1 unspecified atom stereocenters. The van der Waals surface area contributed by atoms with E-state index in [1.165, 1.54) is 24.8 Å². The van der Waals surface area contributed by atoms with Crippen LogP contribution >= 0.6 is 0 Å². The Balaban J connectivity index is 2.23. The highest BCUT2D eigenvalue weighted by Crippen LogP contribution is 2.38. The summed E-state index contributed by atoms with van der Waals surface area (Å²) in [5.74, 6) is 0.742. The van der Waals surface area contributed by atoms with E-state index in [4.69, 9.17) is 4.74 Å². The van der Waals surface area contributed by atoms with Crippen LogP contribution in [0.15, 0.2) is 24.3 Å². The van der Waals surface area contributed by atoms with E-state index < -0.39 is 0 Å². The first kappa shape index (κ1) is 13.3. The lowest BCUT2D eigenvalue weighted by Crippen LogP contribution is -2.25. The van der Waals surface area contributed by atoms with Gasteiger partial charge in [0.15, 0.2) is 5.78 Å². The van der Waals surface area contributed by atoms with Gasteiger partial charge in [-0.15, -0.1) is 0 Å². The molecule has 0 spiro atoms. The predicted octanol–water partition coefficient (Wildman–Crippen LogP) is 3.95. The van der Waals surface area contributed by atoms with E-state index in [2.05, 4.69) is 13.0 Å². The van der Waals surface area contributed by atoms with Gasteiger partial charge >= 0.3 is 0 Å². The number of benzene rings is 1. The summed E-state index contributed by atoms with van der Waals surface area (Å²) < 4.78 is 5.34. The van der Waals surface area contributed by atoms with Crippen LogP contribution in [0.25, 0.3) is 0 Å². The average Bonchev–Trinajstić information content (AvgIpc) is 2.34. The van der Waals surface area contributed by atoms with Crippen LogP contribution in [0.3, 0.4) is 0 Å². The second-order valence-electron chi connectivity index (χ2n) is 5.09. The van der Waals surface area contributed by atoms with Crippen molar-refractivity contribution in [3.63, 3.8) is 0 Å². The first-order valence-electron chi connectivity index (χ1n) is 6.93. The lowest BCUT2D eigenvalue weighted by molar-refractivity contribution is 0.0576. The molecule has 0 aromatic heterocycles. The van der Waals surface area contributed by atoms with Crippen molar-refractivity contribution in [2.45, 2.75) is 51.0 Å². The van der Waals surface area contributed by atoms with Gasteiger partial charge < -0.3 is 4.74 Å². The number of ether oxygens (including phenoxy) is 1. The third-order valence-corrected chi connectivity index (χ3v) is 3.90. The monoisotopic (exact) mass is 246 g/mol. The summed E-state index contributed by atoms with van der Waals surface area (Å²) in [5, 5.41) is 0. The number of methoxy groups -OCH3 is 1. The zero-order valence-electron chi connectivity index (χ0n) is 11.3. The smallest absolute Gasteiger partial charge is 0.191 e. The zero-order valence-corrected chi connectivity index (χ0v) is 11.3. The van der Waals surface area contributed by atoms with Gasteiger partial charge in [-0.1, -0.05) is 44.0 Å². The molecule has 0 amide bonds. The van der Waals surface area contributed by atoms with Gasteiger partial charge in [0, 0.05) is 12.7 Å². The van der Waals surface area contributed by atoms with Crippen molar-refractivity contribution in [3.05, 3.63) is 35.4 Å². The fourth-order valence-corrected chi connectivity index (χ4v) is 2.59. The minimum absolute atomic E-state index is 0.154. The largest absolute Gasteiger partial charge is 0.373 e. The van der Waals surface area contributed by atoms with Gasteiger partial charge in [0.25, 0.3) is 0 Å². The fourth-order valence-electron chi connectivity index (χ4n) is 2.59. The van der Waals surface area contributed by atoms with Gasteiger partial charge in [-0.3, -0.25) is 4.79 Å². The summed E-state index contributed by atoms with van der Waals surface area (Å²) in [6.45, 7) is 2.08. The summed E-state index contributed by atoms with van der Waals surface area (Å²) in [7, 11) is 1.63. The van der Waals surface area contributed by atoms with E-state index in [1.807, 2.05) is 18.2 Å². The highest BCUT2D eigenvalue weighted by molar-refractivity contribution is 6.00. The molecule has 1 saturated carbocycles. The number of rotatable bonds is 6. The minimum Gasteiger partial charge on any atom is -0.373 e. The van der Waals surface area contributed by atoms with Crippen LogP contribution in [0.4, 0.5) is 0 Å². The molecule has 2 nitrogen and oxygen atoms in total. The number of Topliss-reactive ketones (excluding diaryl/α,β-unsaturated/α-hetero) is 1. The maximum absolute atomic E-state index is 12.5. The molecule has 1 fully saturated rings. The maximum atomic E-state index is 12.5. The van der Waals surface area contributed by atoms with Crippen LogP contribution in [0.1, 0.15) is 60.9 Å². The Morgan fingerprint density at radius 2 is 2.11 bits per heavy atom. The first-order valence-corrected chi connectivity index (χ1v) is 6.93. The molecule has 1 atom stereocenters. The van der Waals surface area contributed by atoms with E-state index in [1.54, 1.807) is 7.11 Å². The SMILES string of the molecule is CCCC(OC)C(=O)c1ccccc1C1CCC1. The van der Waals surface area contributed by atoms with E-state index in [9.17, 15) is 4.79 Å². The maximum Gasteiger partial charge on any atom is 0.191 e. The fraction of sp³-hybridized carbons (Fsp3) is 0.562. The summed E-state index contributed by atoms with van der Waals surface area (Å²) in [4.78, 5) is 12.5. The summed E-state index contributed by atoms with van der Waals surface area (Å²) in [6, 6.07) is 8.05. The van der Waals surface area contributed by atoms with Crippen molar-refractivity contribution < 1.29 is 9.53 Å². The van der Waals surface area contributed by atoms with Crippen LogP contribution < -0.4 is 0 Å². The first-order chi connectivity index (χ1) is 8.77.